The average Bonchev–Trinajstić information content (AvgIpc) is 2.79. The van der Waals surface area contributed by atoms with E-state index in [1.165, 1.54) is 6.42 Å². The predicted octanol–water partition coefficient (Wildman–Crippen LogP) is 1.00. The van der Waals surface area contributed by atoms with Gasteiger partial charge in [0.05, 0.1) is 11.8 Å². The number of hydrogen-bond donors (Lipinski definition) is 2. The molecule has 0 aromatic heterocycles. The van der Waals surface area contributed by atoms with Crippen molar-refractivity contribution in [2.75, 3.05) is 13.1 Å². The third kappa shape index (κ3) is 2.97. The van der Waals surface area contributed by atoms with Gasteiger partial charge in [-0.1, -0.05) is 12.8 Å². The van der Waals surface area contributed by atoms with Gasteiger partial charge in [-0.25, -0.2) is 5.01 Å². The lowest BCUT2D eigenvalue weighted by Gasteiger charge is -2.28. The third-order valence-electron chi connectivity index (χ3n) is 3.79. The van der Waals surface area contributed by atoms with E-state index in [0.29, 0.717) is 12.8 Å². The van der Waals surface area contributed by atoms with Crippen LogP contribution in [0.25, 0.3) is 0 Å². The van der Waals surface area contributed by atoms with Crippen molar-refractivity contribution in [2.24, 2.45) is 11.8 Å². The molecule has 2 rings (SSSR count). The van der Waals surface area contributed by atoms with Gasteiger partial charge in [0.25, 0.3) is 0 Å². The Hall–Kier alpha value is -1.10. The second-order valence-corrected chi connectivity index (χ2v) is 5.01. The van der Waals surface area contributed by atoms with Gasteiger partial charge in [0.2, 0.25) is 5.91 Å². The number of carbonyl (C=O) groups is 2. The van der Waals surface area contributed by atoms with Crippen LogP contribution in [0.3, 0.4) is 0 Å². The molecule has 96 valence electrons. The van der Waals surface area contributed by atoms with Crippen LogP contribution in [-0.2, 0) is 9.59 Å². The number of piperidine rings is 1. The fourth-order valence-corrected chi connectivity index (χ4v) is 2.81. The highest BCUT2D eigenvalue weighted by Crippen LogP contribution is 2.32. The highest BCUT2D eigenvalue weighted by Gasteiger charge is 2.38. The van der Waals surface area contributed by atoms with Crippen molar-refractivity contribution in [2.45, 2.75) is 38.5 Å². The summed E-state index contributed by atoms with van der Waals surface area (Å²) in [5.74, 6) is -1.76. The molecule has 17 heavy (non-hydrogen) atoms. The summed E-state index contributed by atoms with van der Waals surface area (Å²) in [5.41, 5.74) is 2.88. The summed E-state index contributed by atoms with van der Waals surface area (Å²) < 4.78 is 0. The van der Waals surface area contributed by atoms with Crippen molar-refractivity contribution in [1.82, 2.24) is 10.4 Å². The van der Waals surface area contributed by atoms with Gasteiger partial charge in [-0.15, -0.1) is 0 Å². The zero-order chi connectivity index (χ0) is 12.3. The Bertz CT molecular complexity index is 300. The highest BCUT2D eigenvalue weighted by atomic mass is 16.4. The number of carbonyl (C=O) groups excluding carboxylic acids is 1. The van der Waals surface area contributed by atoms with Gasteiger partial charge >= 0.3 is 5.97 Å². The molecule has 0 radical (unpaired) electrons. The van der Waals surface area contributed by atoms with Crippen LogP contribution in [0.5, 0.6) is 0 Å². The summed E-state index contributed by atoms with van der Waals surface area (Å²) >= 11 is 0. The van der Waals surface area contributed by atoms with Gasteiger partial charge < -0.3 is 5.11 Å². The van der Waals surface area contributed by atoms with Crippen LogP contribution in [0.15, 0.2) is 0 Å². The first-order valence-corrected chi connectivity index (χ1v) is 6.47. The molecule has 5 nitrogen and oxygen atoms in total. The minimum absolute atomic E-state index is 0.100. The van der Waals surface area contributed by atoms with Crippen molar-refractivity contribution >= 4 is 11.9 Å². The normalized spacial score (nSPS) is 30.1. The first-order chi connectivity index (χ1) is 8.18. The van der Waals surface area contributed by atoms with Crippen molar-refractivity contribution in [3.63, 3.8) is 0 Å². The van der Waals surface area contributed by atoms with Crippen molar-refractivity contribution in [3.05, 3.63) is 0 Å². The lowest BCUT2D eigenvalue weighted by molar-refractivity contribution is -0.147. The van der Waals surface area contributed by atoms with E-state index >= 15 is 0 Å². The van der Waals surface area contributed by atoms with Crippen LogP contribution in [-0.4, -0.2) is 35.1 Å². The van der Waals surface area contributed by atoms with Crippen LogP contribution in [0.4, 0.5) is 0 Å². The van der Waals surface area contributed by atoms with E-state index in [4.69, 9.17) is 5.11 Å². The second-order valence-electron chi connectivity index (χ2n) is 5.01. The average molecular weight is 240 g/mol. The molecular weight excluding hydrogens is 220 g/mol. The quantitative estimate of drug-likeness (QED) is 0.772. The van der Waals surface area contributed by atoms with E-state index in [9.17, 15) is 9.59 Å². The van der Waals surface area contributed by atoms with Crippen LogP contribution < -0.4 is 5.43 Å². The molecule has 0 spiro atoms. The Labute approximate surface area is 101 Å². The molecule has 2 unspecified atom stereocenters. The molecular formula is C12H20N2O3. The molecule has 2 atom stereocenters. The molecule has 1 saturated heterocycles. The van der Waals surface area contributed by atoms with Crippen molar-refractivity contribution in [3.8, 4) is 0 Å². The van der Waals surface area contributed by atoms with E-state index in [1.54, 1.807) is 0 Å². The van der Waals surface area contributed by atoms with Crippen molar-refractivity contribution in [1.29, 1.82) is 0 Å². The van der Waals surface area contributed by atoms with Crippen molar-refractivity contribution < 1.29 is 14.7 Å². The number of carboxylic acids is 1. The largest absolute Gasteiger partial charge is 0.481 e. The van der Waals surface area contributed by atoms with Crippen LogP contribution in [0, 0.1) is 11.8 Å². The van der Waals surface area contributed by atoms with Gasteiger partial charge in [-0.05, 0) is 25.7 Å². The second kappa shape index (κ2) is 5.49. The lowest BCUT2D eigenvalue weighted by atomic mass is 9.95. The van der Waals surface area contributed by atoms with Crippen LogP contribution in [0.2, 0.25) is 0 Å². The summed E-state index contributed by atoms with van der Waals surface area (Å²) in [5, 5.41) is 11.0. The molecule has 2 fully saturated rings. The van der Waals surface area contributed by atoms with Gasteiger partial charge in [0, 0.05) is 13.1 Å². The maximum Gasteiger partial charge on any atom is 0.307 e. The van der Waals surface area contributed by atoms with E-state index in [0.717, 1.165) is 32.4 Å². The number of nitrogens with one attached hydrogen (secondary N) is 1. The Morgan fingerprint density at radius 3 is 2.29 bits per heavy atom. The maximum atomic E-state index is 12.0. The van der Waals surface area contributed by atoms with E-state index < -0.39 is 11.9 Å². The molecule has 1 amide bonds. The first-order valence-electron chi connectivity index (χ1n) is 6.47. The Morgan fingerprint density at radius 1 is 1.00 bits per heavy atom. The molecule has 0 aromatic carbocycles. The summed E-state index contributed by atoms with van der Waals surface area (Å²) in [6.45, 7) is 1.77. The van der Waals surface area contributed by atoms with Gasteiger partial charge in [0.15, 0.2) is 0 Å². The smallest absolute Gasteiger partial charge is 0.307 e. The summed E-state index contributed by atoms with van der Waals surface area (Å²) in [7, 11) is 0. The number of carboxylic acid groups (broad SMARTS) is 1. The lowest BCUT2D eigenvalue weighted by Crippen LogP contribution is -2.48. The zero-order valence-corrected chi connectivity index (χ0v) is 10.0. The fraction of sp³-hybridized carbons (Fsp3) is 0.833. The first kappa shape index (κ1) is 12.4. The number of nitrogens with zero attached hydrogens (tertiary/aromatic N) is 1. The van der Waals surface area contributed by atoms with E-state index in [2.05, 4.69) is 5.43 Å². The highest BCUT2D eigenvalue weighted by molar-refractivity contribution is 5.84. The SMILES string of the molecule is O=C(O)C1CCCC1C(=O)NN1CCCCC1. The fourth-order valence-electron chi connectivity index (χ4n) is 2.81. The summed E-state index contributed by atoms with van der Waals surface area (Å²) in [6.07, 6.45) is 5.60. The molecule has 1 aliphatic heterocycles. The standard InChI is InChI=1S/C12H20N2O3/c15-11(13-14-7-2-1-3-8-14)9-5-4-6-10(9)12(16)17/h9-10H,1-8H2,(H,13,15)(H,16,17). The molecule has 5 heteroatoms. The molecule has 1 aliphatic carbocycles. The monoisotopic (exact) mass is 240 g/mol. The number of aliphatic carboxylic acids is 1. The molecule has 1 saturated carbocycles. The minimum atomic E-state index is -0.832. The maximum absolute atomic E-state index is 12.0. The Balaban J connectivity index is 1.88. The molecule has 2 aliphatic rings. The van der Waals surface area contributed by atoms with E-state index in [-0.39, 0.29) is 11.8 Å². The minimum Gasteiger partial charge on any atom is -0.481 e. The summed E-state index contributed by atoms with van der Waals surface area (Å²) in [4.78, 5) is 23.0. The predicted molar refractivity (Wildman–Crippen MR) is 62.0 cm³/mol. The number of amides is 1. The van der Waals surface area contributed by atoms with Gasteiger partial charge in [-0.2, -0.15) is 0 Å². The Morgan fingerprint density at radius 2 is 1.65 bits per heavy atom. The molecule has 1 heterocycles. The zero-order valence-electron chi connectivity index (χ0n) is 10.0. The molecule has 0 bridgehead atoms. The number of rotatable bonds is 3. The van der Waals surface area contributed by atoms with Gasteiger partial charge in [0.1, 0.15) is 0 Å². The van der Waals surface area contributed by atoms with Gasteiger partial charge in [-0.3, -0.25) is 15.0 Å². The third-order valence-corrected chi connectivity index (χ3v) is 3.79. The van der Waals surface area contributed by atoms with E-state index in [1.807, 2.05) is 5.01 Å². The number of hydrazine groups is 1. The van der Waals surface area contributed by atoms with Crippen LogP contribution >= 0.6 is 0 Å². The Kier molecular flexibility index (Phi) is 3.99. The summed E-state index contributed by atoms with van der Waals surface area (Å²) in [6, 6.07) is 0. The topological polar surface area (TPSA) is 69.6 Å². The van der Waals surface area contributed by atoms with Crippen LogP contribution in [0.1, 0.15) is 38.5 Å². The molecule has 2 N–H and O–H groups in total. The number of hydrogen-bond acceptors (Lipinski definition) is 3. The molecule has 0 aromatic rings.